The Morgan fingerprint density at radius 2 is 2.20 bits per heavy atom. The summed E-state index contributed by atoms with van der Waals surface area (Å²) in [6, 6.07) is 4.77. The van der Waals surface area contributed by atoms with E-state index in [1.807, 2.05) is 0 Å². The summed E-state index contributed by atoms with van der Waals surface area (Å²) >= 11 is 0. The van der Waals surface area contributed by atoms with Crippen molar-refractivity contribution in [3.8, 4) is 17.4 Å². The van der Waals surface area contributed by atoms with Gasteiger partial charge >= 0.3 is 5.69 Å². The molecule has 0 bridgehead atoms. The fraction of sp³-hybridized carbons (Fsp3) is 0.308. The van der Waals surface area contributed by atoms with Crippen LogP contribution < -0.4 is 4.74 Å². The number of aromatic hydroxyl groups is 1. The van der Waals surface area contributed by atoms with Gasteiger partial charge in [-0.15, -0.1) is 0 Å². The van der Waals surface area contributed by atoms with Crippen LogP contribution in [0.15, 0.2) is 18.2 Å². The number of aromatic nitrogens is 2. The first kappa shape index (κ1) is 13.9. The number of hydrogen-bond acceptors (Lipinski definition) is 5. The van der Waals surface area contributed by atoms with E-state index >= 15 is 0 Å². The second-order valence-corrected chi connectivity index (χ2v) is 4.34. The molecule has 1 aromatic carbocycles. The largest absolute Gasteiger partial charge is 0.508 e. The molecule has 0 aliphatic rings. The Kier molecular flexibility index (Phi) is 3.60. The molecule has 0 saturated heterocycles. The molecule has 0 fully saturated rings. The number of rotatable bonds is 4. The molecule has 20 heavy (non-hydrogen) atoms. The number of phenols is 1. The van der Waals surface area contributed by atoms with Gasteiger partial charge < -0.3 is 9.84 Å². The maximum absolute atomic E-state index is 11.2. The van der Waals surface area contributed by atoms with Gasteiger partial charge in [-0.2, -0.15) is 5.10 Å². The molecule has 2 rings (SSSR count). The predicted molar refractivity (Wildman–Crippen MR) is 72.2 cm³/mol. The minimum Gasteiger partial charge on any atom is -0.508 e. The van der Waals surface area contributed by atoms with Crippen molar-refractivity contribution in [2.75, 3.05) is 0 Å². The highest BCUT2D eigenvalue weighted by Gasteiger charge is 2.28. The van der Waals surface area contributed by atoms with E-state index in [0.717, 1.165) is 0 Å². The molecule has 0 aliphatic carbocycles. The second kappa shape index (κ2) is 5.20. The van der Waals surface area contributed by atoms with Crippen molar-refractivity contribution >= 4 is 5.69 Å². The summed E-state index contributed by atoms with van der Waals surface area (Å²) in [7, 11) is 1.58. The lowest BCUT2D eigenvalue weighted by atomic mass is 10.2. The van der Waals surface area contributed by atoms with E-state index in [1.54, 1.807) is 33.0 Å². The van der Waals surface area contributed by atoms with Crippen molar-refractivity contribution < 1.29 is 14.8 Å². The number of benzene rings is 1. The maximum atomic E-state index is 11.2. The van der Waals surface area contributed by atoms with Gasteiger partial charge in [-0.05, 0) is 25.5 Å². The van der Waals surface area contributed by atoms with E-state index in [4.69, 9.17) is 4.74 Å². The minimum atomic E-state index is -0.501. The molecule has 0 unspecified atom stereocenters. The van der Waals surface area contributed by atoms with Crippen LogP contribution in [0.2, 0.25) is 0 Å². The van der Waals surface area contributed by atoms with E-state index in [9.17, 15) is 15.2 Å². The van der Waals surface area contributed by atoms with Gasteiger partial charge in [0.05, 0.1) is 4.92 Å². The molecule has 1 N–H and O–H groups in total. The summed E-state index contributed by atoms with van der Waals surface area (Å²) < 4.78 is 6.93. The van der Waals surface area contributed by atoms with Gasteiger partial charge in [0.1, 0.15) is 17.2 Å². The standard InChI is InChI=1S/C13H15N3O4/c1-4-9-12(16(18)19)13(15(3)14-9)20-11-7-5-6-10(17)8(11)2/h5-7,17H,4H2,1-3H3. The summed E-state index contributed by atoms with van der Waals surface area (Å²) in [6.07, 6.45) is 0.437. The summed E-state index contributed by atoms with van der Waals surface area (Å²) in [6.45, 7) is 3.46. The Morgan fingerprint density at radius 1 is 1.50 bits per heavy atom. The van der Waals surface area contributed by atoms with Crippen LogP contribution in [0.4, 0.5) is 5.69 Å². The van der Waals surface area contributed by atoms with Crippen LogP contribution in [0.25, 0.3) is 0 Å². The number of nitrogens with zero attached hydrogens (tertiary/aromatic N) is 3. The SMILES string of the molecule is CCc1nn(C)c(Oc2cccc(O)c2C)c1[N+](=O)[O-]. The zero-order valence-corrected chi connectivity index (χ0v) is 11.5. The van der Waals surface area contributed by atoms with Crippen LogP contribution in [0, 0.1) is 17.0 Å². The molecule has 1 aromatic heterocycles. The normalized spacial score (nSPS) is 10.6. The average Bonchev–Trinajstić information content (AvgIpc) is 2.72. The van der Waals surface area contributed by atoms with Gasteiger partial charge in [0.15, 0.2) is 0 Å². The van der Waals surface area contributed by atoms with Crippen LogP contribution in [0.3, 0.4) is 0 Å². The molecule has 0 aliphatic heterocycles. The van der Waals surface area contributed by atoms with Gasteiger partial charge in [0.25, 0.3) is 5.88 Å². The zero-order valence-electron chi connectivity index (χ0n) is 11.5. The lowest BCUT2D eigenvalue weighted by Crippen LogP contribution is -1.98. The molecular formula is C13H15N3O4. The topological polar surface area (TPSA) is 90.4 Å². The predicted octanol–water partition coefficient (Wildman–Crippen LogP) is 2.70. The molecule has 0 atom stereocenters. The van der Waals surface area contributed by atoms with Crippen molar-refractivity contribution in [1.29, 1.82) is 0 Å². The number of phenolic OH excluding ortho intramolecular Hbond substituents is 1. The molecule has 7 heteroatoms. The first-order valence-electron chi connectivity index (χ1n) is 6.12. The number of aryl methyl sites for hydroxylation is 2. The molecule has 0 saturated carbocycles. The Hall–Kier alpha value is -2.57. The third-order valence-corrected chi connectivity index (χ3v) is 3.02. The van der Waals surface area contributed by atoms with Gasteiger partial charge in [-0.25, -0.2) is 4.68 Å². The molecule has 7 nitrogen and oxygen atoms in total. The van der Waals surface area contributed by atoms with E-state index in [1.165, 1.54) is 10.7 Å². The number of ether oxygens (including phenoxy) is 1. The fourth-order valence-electron chi connectivity index (χ4n) is 1.90. The Bertz CT molecular complexity index is 664. The van der Waals surface area contributed by atoms with Crippen molar-refractivity contribution in [3.63, 3.8) is 0 Å². The van der Waals surface area contributed by atoms with Crippen LogP contribution in [-0.4, -0.2) is 19.8 Å². The second-order valence-electron chi connectivity index (χ2n) is 4.34. The van der Waals surface area contributed by atoms with E-state index in [-0.39, 0.29) is 17.3 Å². The molecular weight excluding hydrogens is 262 g/mol. The summed E-state index contributed by atoms with van der Waals surface area (Å²) in [5.74, 6) is 0.488. The van der Waals surface area contributed by atoms with Crippen molar-refractivity contribution in [1.82, 2.24) is 9.78 Å². The third kappa shape index (κ3) is 2.29. The molecule has 2 aromatic rings. The Labute approximate surface area is 115 Å². The molecule has 0 radical (unpaired) electrons. The van der Waals surface area contributed by atoms with E-state index < -0.39 is 4.92 Å². The van der Waals surface area contributed by atoms with Gasteiger partial charge in [0, 0.05) is 12.6 Å². The van der Waals surface area contributed by atoms with E-state index in [2.05, 4.69) is 5.10 Å². The van der Waals surface area contributed by atoms with Crippen LogP contribution in [-0.2, 0) is 13.5 Å². The molecule has 0 spiro atoms. The van der Waals surface area contributed by atoms with Crippen molar-refractivity contribution in [3.05, 3.63) is 39.6 Å². The maximum Gasteiger partial charge on any atom is 0.353 e. The lowest BCUT2D eigenvalue weighted by Gasteiger charge is -2.08. The lowest BCUT2D eigenvalue weighted by molar-refractivity contribution is -0.386. The highest BCUT2D eigenvalue weighted by Crippen LogP contribution is 2.36. The monoisotopic (exact) mass is 277 g/mol. The summed E-state index contributed by atoms with van der Waals surface area (Å²) in [5, 5.41) is 24.9. The van der Waals surface area contributed by atoms with E-state index in [0.29, 0.717) is 23.4 Å². The fourth-order valence-corrected chi connectivity index (χ4v) is 1.90. The highest BCUT2D eigenvalue weighted by atomic mass is 16.6. The quantitative estimate of drug-likeness (QED) is 0.685. The van der Waals surface area contributed by atoms with Crippen LogP contribution in [0.1, 0.15) is 18.2 Å². The van der Waals surface area contributed by atoms with Gasteiger partial charge in [0.2, 0.25) is 0 Å². The number of nitro groups is 1. The third-order valence-electron chi connectivity index (χ3n) is 3.02. The Balaban J connectivity index is 2.51. The average molecular weight is 277 g/mol. The summed E-state index contributed by atoms with van der Waals surface area (Å²) in [5.41, 5.74) is 0.740. The smallest absolute Gasteiger partial charge is 0.353 e. The first-order chi connectivity index (χ1) is 9.45. The Morgan fingerprint density at radius 3 is 2.80 bits per heavy atom. The van der Waals surface area contributed by atoms with Crippen molar-refractivity contribution in [2.24, 2.45) is 7.05 Å². The van der Waals surface area contributed by atoms with Crippen LogP contribution >= 0.6 is 0 Å². The van der Waals surface area contributed by atoms with Crippen molar-refractivity contribution in [2.45, 2.75) is 20.3 Å². The number of hydrogen-bond donors (Lipinski definition) is 1. The summed E-state index contributed by atoms with van der Waals surface area (Å²) in [4.78, 5) is 10.7. The highest BCUT2D eigenvalue weighted by molar-refractivity contribution is 5.51. The minimum absolute atomic E-state index is 0.0561. The van der Waals surface area contributed by atoms with Crippen LogP contribution in [0.5, 0.6) is 17.4 Å². The molecule has 106 valence electrons. The molecule has 0 amide bonds. The molecule has 1 heterocycles. The zero-order chi connectivity index (χ0) is 14.9. The first-order valence-corrected chi connectivity index (χ1v) is 6.12. The van der Waals surface area contributed by atoms with Gasteiger partial charge in [-0.3, -0.25) is 10.1 Å². The van der Waals surface area contributed by atoms with Gasteiger partial charge in [-0.1, -0.05) is 13.0 Å².